The molecule has 2 aliphatic rings. The predicted molar refractivity (Wildman–Crippen MR) is 90.5 cm³/mol. The third-order valence-corrected chi connectivity index (χ3v) is 4.49. The zero-order valence-electron chi connectivity index (χ0n) is 14.0. The summed E-state index contributed by atoms with van der Waals surface area (Å²) in [6, 6.07) is 3.66. The highest BCUT2D eigenvalue weighted by Crippen LogP contribution is 2.39. The van der Waals surface area contributed by atoms with Crippen LogP contribution >= 0.6 is 0 Å². The quantitative estimate of drug-likeness (QED) is 0.898. The van der Waals surface area contributed by atoms with Crippen LogP contribution in [-0.4, -0.2) is 41.3 Å². The molecule has 7 nitrogen and oxygen atoms in total. The number of pyridine rings is 1. The Morgan fingerprint density at radius 3 is 2.67 bits per heavy atom. The lowest BCUT2D eigenvalue weighted by Gasteiger charge is -2.29. The Morgan fingerprint density at radius 2 is 1.96 bits per heavy atom. The molecule has 4 heterocycles. The summed E-state index contributed by atoms with van der Waals surface area (Å²) in [6.45, 7) is 7.69. The van der Waals surface area contributed by atoms with Crippen molar-refractivity contribution in [2.24, 2.45) is 0 Å². The number of rotatable bonds is 2. The monoisotopic (exact) mass is 327 g/mol. The Hall–Kier alpha value is -2.25. The molecular weight excluding hydrogens is 306 g/mol. The Labute approximate surface area is 140 Å². The van der Waals surface area contributed by atoms with E-state index in [2.05, 4.69) is 9.88 Å². The largest absolute Gasteiger partial charge is 0.384 e. The van der Waals surface area contributed by atoms with Crippen LogP contribution in [0.5, 0.6) is 0 Å². The van der Waals surface area contributed by atoms with Crippen molar-refractivity contribution in [3.63, 3.8) is 0 Å². The highest BCUT2D eigenvalue weighted by Gasteiger charge is 2.37. The fourth-order valence-electron chi connectivity index (χ4n) is 3.13. The van der Waals surface area contributed by atoms with E-state index in [9.17, 15) is 0 Å². The fraction of sp³-hybridized carbons (Fsp3) is 0.471. The van der Waals surface area contributed by atoms with Crippen LogP contribution in [0.4, 0.5) is 11.6 Å². The fourth-order valence-corrected chi connectivity index (χ4v) is 3.13. The highest BCUT2D eigenvalue weighted by molar-refractivity contribution is 5.62. The van der Waals surface area contributed by atoms with Gasteiger partial charge in [0.05, 0.1) is 25.5 Å². The molecule has 0 amide bonds. The summed E-state index contributed by atoms with van der Waals surface area (Å²) in [5.74, 6) is 2.08. The minimum absolute atomic E-state index is 0.421. The number of aromatic nitrogens is 3. The number of ether oxygens (including phenoxy) is 2. The van der Waals surface area contributed by atoms with Gasteiger partial charge in [-0.2, -0.15) is 0 Å². The number of nitrogens with zero attached hydrogens (tertiary/aromatic N) is 4. The van der Waals surface area contributed by atoms with Gasteiger partial charge in [0.2, 0.25) is 0 Å². The van der Waals surface area contributed by atoms with Gasteiger partial charge in [0.25, 0.3) is 0 Å². The summed E-state index contributed by atoms with van der Waals surface area (Å²) in [6.07, 6.45) is 1.71. The van der Waals surface area contributed by atoms with E-state index in [0.29, 0.717) is 31.5 Å². The van der Waals surface area contributed by atoms with Crippen molar-refractivity contribution in [3.05, 3.63) is 29.6 Å². The molecule has 2 N–H and O–H groups in total. The van der Waals surface area contributed by atoms with Gasteiger partial charge in [0.1, 0.15) is 17.2 Å². The van der Waals surface area contributed by atoms with Gasteiger partial charge in [-0.05, 0) is 26.0 Å². The summed E-state index contributed by atoms with van der Waals surface area (Å²) in [5, 5.41) is 0. The van der Waals surface area contributed by atoms with Crippen LogP contribution in [0.2, 0.25) is 0 Å². The van der Waals surface area contributed by atoms with Gasteiger partial charge < -0.3 is 20.1 Å². The maximum Gasteiger partial charge on any atom is 0.163 e. The zero-order chi connectivity index (χ0) is 16.7. The van der Waals surface area contributed by atoms with Crippen molar-refractivity contribution >= 4 is 11.6 Å². The molecule has 0 aromatic carbocycles. The Balaban J connectivity index is 1.85. The molecule has 126 valence electrons. The maximum atomic E-state index is 5.96. The number of fused-ring (bicyclic) bond motifs is 1. The molecule has 7 heteroatoms. The lowest BCUT2D eigenvalue weighted by molar-refractivity contribution is -0.0100. The average molecular weight is 327 g/mol. The summed E-state index contributed by atoms with van der Waals surface area (Å²) in [4.78, 5) is 16.0. The summed E-state index contributed by atoms with van der Waals surface area (Å²) in [5.41, 5.74) is 8.15. The van der Waals surface area contributed by atoms with Crippen LogP contribution in [0.25, 0.3) is 11.4 Å². The SMILES string of the molecule is CC1(C)OCc2c(N3CCOCC3)nc(-c3ccc(N)nc3)nc21. The van der Waals surface area contributed by atoms with Gasteiger partial charge in [-0.1, -0.05) is 0 Å². The van der Waals surface area contributed by atoms with E-state index in [4.69, 9.17) is 25.2 Å². The van der Waals surface area contributed by atoms with E-state index in [0.717, 1.165) is 35.7 Å². The van der Waals surface area contributed by atoms with Gasteiger partial charge in [0, 0.05) is 30.4 Å². The van der Waals surface area contributed by atoms with E-state index >= 15 is 0 Å². The van der Waals surface area contributed by atoms with E-state index in [-0.39, 0.29) is 0 Å². The Morgan fingerprint density at radius 1 is 1.17 bits per heavy atom. The number of hydrogen-bond acceptors (Lipinski definition) is 7. The van der Waals surface area contributed by atoms with Crippen LogP contribution in [-0.2, 0) is 21.7 Å². The van der Waals surface area contributed by atoms with Gasteiger partial charge in [-0.3, -0.25) is 0 Å². The van der Waals surface area contributed by atoms with Crippen molar-refractivity contribution in [2.45, 2.75) is 26.1 Å². The molecule has 0 radical (unpaired) electrons. The van der Waals surface area contributed by atoms with Gasteiger partial charge in [-0.25, -0.2) is 15.0 Å². The van der Waals surface area contributed by atoms with Gasteiger partial charge in [-0.15, -0.1) is 0 Å². The van der Waals surface area contributed by atoms with Crippen LogP contribution in [0.3, 0.4) is 0 Å². The van der Waals surface area contributed by atoms with E-state index in [1.807, 2.05) is 19.9 Å². The summed E-state index contributed by atoms with van der Waals surface area (Å²) < 4.78 is 11.4. The van der Waals surface area contributed by atoms with Crippen molar-refractivity contribution in [2.75, 3.05) is 36.9 Å². The predicted octanol–water partition coefficient (Wildman–Crippen LogP) is 1.72. The normalized spacial score (nSPS) is 19.3. The molecule has 1 saturated heterocycles. The first kappa shape index (κ1) is 15.3. The van der Waals surface area contributed by atoms with Crippen molar-refractivity contribution in [3.8, 4) is 11.4 Å². The lowest BCUT2D eigenvalue weighted by Crippen LogP contribution is -2.37. The second kappa shape index (κ2) is 5.68. The molecule has 1 fully saturated rings. The number of anilines is 2. The molecule has 0 aliphatic carbocycles. The number of hydrogen-bond donors (Lipinski definition) is 1. The Bertz CT molecular complexity index is 754. The molecule has 4 rings (SSSR count). The van der Waals surface area contributed by atoms with E-state index in [1.165, 1.54) is 0 Å². The van der Waals surface area contributed by atoms with Crippen molar-refractivity contribution < 1.29 is 9.47 Å². The Kier molecular flexibility index (Phi) is 3.62. The molecule has 0 saturated carbocycles. The van der Waals surface area contributed by atoms with Crippen LogP contribution in [0.1, 0.15) is 25.1 Å². The highest BCUT2D eigenvalue weighted by atomic mass is 16.5. The molecule has 24 heavy (non-hydrogen) atoms. The first-order chi connectivity index (χ1) is 11.5. The standard InChI is InChI=1S/C17H21N5O2/c1-17(2)14-12(10-24-17)16(22-5-7-23-8-6-22)21-15(20-14)11-3-4-13(18)19-9-11/h3-4,9H,5-8,10H2,1-2H3,(H2,18,19). The number of nitrogens with two attached hydrogens (primary N) is 1. The first-order valence-electron chi connectivity index (χ1n) is 8.14. The summed E-state index contributed by atoms with van der Waals surface area (Å²) >= 11 is 0. The van der Waals surface area contributed by atoms with Crippen molar-refractivity contribution in [1.29, 1.82) is 0 Å². The van der Waals surface area contributed by atoms with Gasteiger partial charge >= 0.3 is 0 Å². The van der Waals surface area contributed by atoms with E-state index in [1.54, 1.807) is 12.3 Å². The average Bonchev–Trinajstić information content (AvgIpc) is 2.91. The molecule has 2 aromatic rings. The second-order valence-corrected chi connectivity index (χ2v) is 6.57. The zero-order valence-corrected chi connectivity index (χ0v) is 14.0. The van der Waals surface area contributed by atoms with Crippen molar-refractivity contribution in [1.82, 2.24) is 15.0 Å². The molecule has 0 atom stereocenters. The molecule has 0 unspecified atom stereocenters. The number of nitrogen functional groups attached to an aromatic ring is 1. The van der Waals surface area contributed by atoms with Crippen LogP contribution in [0, 0.1) is 0 Å². The van der Waals surface area contributed by atoms with Crippen LogP contribution < -0.4 is 10.6 Å². The molecule has 2 aliphatic heterocycles. The third-order valence-electron chi connectivity index (χ3n) is 4.49. The smallest absolute Gasteiger partial charge is 0.163 e. The summed E-state index contributed by atoms with van der Waals surface area (Å²) in [7, 11) is 0. The third kappa shape index (κ3) is 2.59. The first-order valence-corrected chi connectivity index (χ1v) is 8.14. The lowest BCUT2D eigenvalue weighted by atomic mass is 10.0. The minimum atomic E-state index is -0.421. The van der Waals surface area contributed by atoms with Gasteiger partial charge in [0.15, 0.2) is 5.82 Å². The molecule has 2 aromatic heterocycles. The molecular formula is C17H21N5O2. The molecule has 0 bridgehead atoms. The molecule has 0 spiro atoms. The maximum absolute atomic E-state index is 5.96. The minimum Gasteiger partial charge on any atom is -0.384 e. The number of morpholine rings is 1. The van der Waals surface area contributed by atoms with Crippen LogP contribution in [0.15, 0.2) is 18.3 Å². The topological polar surface area (TPSA) is 86.4 Å². The van der Waals surface area contributed by atoms with E-state index < -0.39 is 5.60 Å². The second-order valence-electron chi connectivity index (χ2n) is 6.57.